The molecule has 1 atom stereocenters. The number of carbonyl (C=O) groups is 2. The van der Waals surface area contributed by atoms with Crippen LogP contribution in [0.15, 0.2) is 0 Å². The first-order valence-corrected chi connectivity index (χ1v) is 6.45. The third kappa shape index (κ3) is 4.18. The molecule has 1 fully saturated rings. The van der Waals surface area contributed by atoms with E-state index in [1.807, 2.05) is 0 Å². The number of hydrogen-bond acceptors (Lipinski definition) is 5. The van der Waals surface area contributed by atoms with Gasteiger partial charge in [0, 0.05) is 25.9 Å². The molecule has 1 unspecified atom stereocenters. The lowest BCUT2D eigenvalue weighted by atomic mass is 9.99. The predicted octanol–water partition coefficient (Wildman–Crippen LogP) is -0.274. The predicted molar refractivity (Wildman–Crippen MR) is 63.1 cm³/mol. The fourth-order valence-electron chi connectivity index (χ4n) is 1.50. The molecule has 1 rings (SSSR count). The summed E-state index contributed by atoms with van der Waals surface area (Å²) >= 11 is 1.41. The van der Waals surface area contributed by atoms with Crippen molar-refractivity contribution in [3.8, 4) is 0 Å². The van der Waals surface area contributed by atoms with Crippen LogP contribution in [0.3, 0.4) is 0 Å². The second-order valence-electron chi connectivity index (χ2n) is 3.78. The maximum atomic E-state index is 11.6. The minimum absolute atomic E-state index is 0.0385. The minimum atomic E-state index is -1.24. The average Bonchev–Trinajstić information content (AvgIpc) is 2.74. The van der Waals surface area contributed by atoms with E-state index in [9.17, 15) is 9.59 Å². The quantitative estimate of drug-likeness (QED) is 0.615. The molecule has 0 aromatic heterocycles. The average molecular weight is 263 g/mol. The Bertz CT molecular complexity index is 278. The van der Waals surface area contributed by atoms with Gasteiger partial charge in [0.2, 0.25) is 5.91 Å². The lowest BCUT2D eigenvalue weighted by Crippen LogP contribution is -2.55. The molecule has 0 spiro atoms. The van der Waals surface area contributed by atoms with Crippen molar-refractivity contribution in [2.24, 2.45) is 0 Å². The molecule has 17 heavy (non-hydrogen) atoms. The second-order valence-corrected chi connectivity index (χ2v) is 4.89. The summed E-state index contributed by atoms with van der Waals surface area (Å²) in [6.07, 6.45) is 0.316. The number of aliphatic carboxylic acids is 1. The Hall–Kier alpha value is -0.790. The molecule has 7 heteroatoms. The van der Waals surface area contributed by atoms with Crippen molar-refractivity contribution in [2.45, 2.75) is 12.0 Å². The number of nitrogens with one attached hydrogen (secondary N) is 1. The molecule has 0 aromatic carbocycles. The standard InChI is InChI=1S/C10H17NO5S/c1-15-4-5-17-6-8(12)11-10(9(13)14)2-3-16-7-10/h2-7H2,1H3,(H,11,12)(H,13,14). The van der Waals surface area contributed by atoms with E-state index in [1.165, 1.54) is 11.8 Å². The summed E-state index contributed by atoms with van der Waals surface area (Å²) in [4.78, 5) is 22.7. The Morgan fingerprint density at radius 1 is 1.59 bits per heavy atom. The van der Waals surface area contributed by atoms with Gasteiger partial charge in [-0.05, 0) is 0 Å². The number of amides is 1. The summed E-state index contributed by atoms with van der Waals surface area (Å²) in [6.45, 7) is 0.978. The summed E-state index contributed by atoms with van der Waals surface area (Å²) in [6, 6.07) is 0. The van der Waals surface area contributed by atoms with Gasteiger partial charge < -0.3 is 19.9 Å². The molecule has 1 amide bonds. The summed E-state index contributed by atoms with van der Waals surface area (Å²) in [7, 11) is 1.59. The maximum Gasteiger partial charge on any atom is 0.331 e. The molecule has 1 aliphatic rings. The van der Waals surface area contributed by atoms with Gasteiger partial charge in [-0.3, -0.25) is 4.79 Å². The van der Waals surface area contributed by atoms with E-state index in [2.05, 4.69) is 5.32 Å². The molecule has 1 saturated heterocycles. The Labute approximate surface area is 104 Å². The largest absolute Gasteiger partial charge is 0.479 e. The molecular weight excluding hydrogens is 246 g/mol. The molecule has 0 aliphatic carbocycles. The number of rotatable bonds is 7. The zero-order valence-electron chi connectivity index (χ0n) is 9.73. The third-order valence-corrected chi connectivity index (χ3v) is 3.40. The highest BCUT2D eigenvalue weighted by atomic mass is 32.2. The van der Waals surface area contributed by atoms with Gasteiger partial charge in [-0.1, -0.05) is 0 Å². The van der Waals surface area contributed by atoms with Gasteiger partial charge in [-0.2, -0.15) is 0 Å². The molecule has 0 aromatic rings. The van der Waals surface area contributed by atoms with Crippen LogP contribution in [0.1, 0.15) is 6.42 Å². The van der Waals surface area contributed by atoms with Crippen molar-refractivity contribution in [1.82, 2.24) is 5.32 Å². The van der Waals surface area contributed by atoms with Crippen LogP contribution < -0.4 is 5.32 Å². The number of carboxylic acids is 1. The molecule has 0 saturated carbocycles. The van der Waals surface area contributed by atoms with E-state index in [1.54, 1.807) is 7.11 Å². The normalized spacial score (nSPS) is 23.6. The smallest absolute Gasteiger partial charge is 0.331 e. The SMILES string of the molecule is COCCSCC(=O)NC1(C(=O)O)CCOC1. The summed E-state index contributed by atoms with van der Waals surface area (Å²) in [5.41, 5.74) is -1.24. The van der Waals surface area contributed by atoms with Crippen LogP contribution in [-0.2, 0) is 19.1 Å². The zero-order valence-corrected chi connectivity index (χ0v) is 10.5. The van der Waals surface area contributed by atoms with Crippen molar-refractivity contribution >= 4 is 23.6 Å². The fourth-order valence-corrected chi connectivity index (χ4v) is 2.18. The van der Waals surface area contributed by atoms with E-state index in [0.29, 0.717) is 25.4 Å². The lowest BCUT2D eigenvalue weighted by Gasteiger charge is -2.23. The number of carboxylic acid groups (broad SMARTS) is 1. The van der Waals surface area contributed by atoms with Crippen molar-refractivity contribution in [3.05, 3.63) is 0 Å². The van der Waals surface area contributed by atoms with Crippen molar-refractivity contribution in [3.63, 3.8) is 0 Å². The highest BCUT2D eigenvalue weighted by Crippen LogP contribution is 2.19. The molecule has 1 aliphatic heterocycles. The van der Waals surface area contributed by atoms with Crippen LogP contribution in [0.2, 0.25) is 0 Å². The van der Waals surface area contributed by atoms with Crippen molar-refractivity contribution in [1.29, 1.82) is 0 Å². The van der Waals surface area contributed by atoms with E-state index in [-0.39, 0.29) is 18.3 Å². The first-order chi connectivity index (χ1) is 8.10. The van der Waals surface area contributed by atoms with Gasteiger partial charge >= 0.3 is 5.97 Å². The minimum Gasteiger partial charge on any atom is -0.479 e. The highest BCUT2D eigenvalue weighted by Gasteiger charge is 2.43. The van der Waals surface area contributed by atoms with Crippen LogP contribution in [0, 0.1) is 0 Å². The first-order valence-electron chi connectivity index (χ1n) is 5.29. The Morgan fingerprint density at radius 3 is 2.88 bits per heavy atom. The van der Waals surface area contributed by atoms with E-state index in [0.717, 1.165) is 0 Å². The summed E-state index contributed by atoms with van der Waals surface area (Å²) in [5.74, 6) is -0.372. The molecular formula is C10H17NO5S. The number of hydrogen-bond donors (Lipinski definition) is 2. The van der Waals surface area contributed by atoms with Crippen LogP contribution in [0.5, 0.6) is 0 Å². The highest BCUT2D eigenvalue weighted by molar-refractivity contribution is 7.99. The van der Waals surface area contributed by atoms with E-state index < -0.39 is 11.5 Å². The lowest BCUT2D eigenvalue weighted by molar-refractivity contribution is -0.147. The molecule has 2 N–H and O–H groups in total. The van der Waals surface area contributed by atoms with Crippen molar-refractivity contribution in [2.75, 3.05) is 38.4 Å². The van der Waals surface area contributed by atoms with Crippen LogP contribution >= 0.6 is 11.8 Å². The number of ether oxygens (including phenoxy) is 2. The molecule has 98 valence electrons. The summed E-state index contributed by atoms with van der Waals surface area (Å²) in [5, 5.41) is 11.6. The molecule has 0 radical (unpaired) electrons. The molecule has 1 heterocycles. The Balaban J connectivity index is 2.35. The first kappa shape index (κ1) is 14.3. The molecule has 6 nitrogen and oxygen atoms in total. The second kappa shape index (κ2) is 6.83. The van der Waals surface area contributed by atoms with Crippen LogP contribution in [0.25, 0.3) is 0 Å². The van der Waals surface area contributed by atoms with Crippen molar-refractivity contribution < 1.29 is 24.2 Å². The van der Waals surface area contributed by atoms with Gasteiger partial charge in [-0.15, -0.1) is 11.8 Å². The molecule has 0 bridgehead atoms. The van der Waals surface area contributed by atoms with Gasteiger partial charge in [-0.25, -0.2) is 4.79 Å². The Kier molecular flexibility index (Phi) is 5.73. The number of methoxy groups -OCH3 is 1. The number of thioether (sulfide) groups is 1. The van der Waals surface area contributed by atoms with E-state index >= 15 is 0 Å². The maximum absolute atomic E-state index is 11.6. The fraction of sp³-hybridized carbons (Fsp3) is 0.800. The van der Waals surface area contributed by atoms with Gasteiger partial charge in [0.25, 0.3) is 0 Å². The summed E-state index contributed by atoms with van der Waals surface area (Å²) < 4.78 is 9.89. The van der Waals surface area contributed by atoms with Gasteiger partial charge in [0.05, 0.1) is 19.0 Å². The Morgan fingerprint density at radius 2 is 2.35 bits per heavy atom. The monoisotopic (exact) mass is 263 g/mol. The zero-order chi connectivity index (χ0) is 12.7. The van der Waals surface area contributed by atoms with Gasteiger partial charge in [0.15, 0.2) is 5.54 Å². The van der Waals surface area contributed by atoms with Crippen LogP contribution in [-0.4, -0.2) is 61.0 Å². The van der Waals surface area contributed by atoms with Gasteiger partial charge in [0.1, 0.15) is 0 Å². The van der Waals surface area contributed by atoms with Crippen LogP contribution in [0.4, 0.5) is 0 Å². The third-order valence-electron chi connectivity index (χ3n) is 2.47. The topological polar surface area (TPSA) is 84.9 Å². The number of carbonyl (C=O) groups excluding carboxylic acids is 1. The van der Waals surface area contributed by atoms with E-state index in [4.69, 9.17) is 14.6 Å².